The average molecular weight is 462 g/mol. The van der Waals surface area contributed by atoms with Gasteiger partial charge in [-0.25, -0.2) is 4.98 Å². The van der Waals surface area contributed by atoms with Crippen LogP contribution in [0, 0.1) is 0 Å². The summed E-state index contributed by atoms with van der Waals surface area (Å²) in [5.74, 6) is 0. The minimum absolute atomic E-state index is 0.741. The molecule has 36 heavy (non-hydrogen) atoms. The SMILES string of the molecule is c1ccc(-c2nc(-c3cnccn3)c(-c3ccccc3)c(-c3ccccc3)c2-c2ccccc2)cc1. The van der Waals surface area contributed by atoms with Crippen LogP contribution in [-0.2, 0) is 0 Å². The lowest BCUT2D eigenvalue weighted by molar-refractivity contribution is 1.18. The summed E-state index contributed by atoms with van der Waals surface area (Å²) in [6.07, 6.45) is 5.21. The van der Waals surface area contributed by atoms with Gasteiger partial charge in [0.25, 0.3) is 0 Å². The number of hydrogen-bond donors (Lipinski definition) is 0. The molecular formula is C33H23N3. The molecule has 0 N–H and O–H groups in total. The molecule has 2 heterocycles. The molecule has 0 aliphatic heterocycles. The highest BCUT2D eigenvalue weighted by Gasteiger charge is 2.25. The van der Waals surface area contributed by atoms with Crippen LogP contribution in [0.1, 0.15) is 0 Å². The maximum Gasteiger partial charge on any atom is 0.108 e. The van der Waals surface area contributed by atoms with E-state index in [-0.39, 0.29) is 0 Å². The van der Waals surface area contributed by atoms with Gasteiger partial charge < -0.3 is 0 Å². The fourth-order valence-electron chi connectivity index (χ4n) is 4.66. The van der Waals surface area contributed by atoms with Crippen LogP contribution in [0.25, 0.3) is 56.0 Å². The predicted octanol–water partition coefficient (Wildman–Crippen LogP) is 8.21. The van der Waals surface area contributed by atoms with Crippen molar-refractivity contribution in [3.63, 3.8) is 0 Å². The van der Waals surface area contributed by atoms with Crippen molar-refractivity contribution in [3.8, 4) is 56.0 Å². The molecule has 0 saturated carbocycles. The Balaban J connectivity index is 1.84. The first-order valence-electron chi connectivity index (χ1n) is 12.0. The quantitative estimate of drug-likeness (QED) is 0.260. The lowest BCUT2D eigenvalue weighted by Crippen LogP contribution is -2.02. The van der Waals surface area contributed by atoms with Gasteiger partial charge in [0, 0.05) is 34.6 Å². The van der Waals surface area contributed by atoms with Gasteiger partial charge in [-0.05, 0) is 16.7 Å². The van der Waals surface area contributed by atoms with E-state index in [0.717, 1.165) is 56.0 Å². The molecule has 4 aromatic carbocycles. The van der Waals surface area contributed by atoms with E-state index in [9.17, 15) is 0 Å². The zero-order valence-electron chi connectivity index (χ0n) is 19.6. The summed E-state index contributed by atoms with van der Waals surface area (Å²) >= 11 is 0. The van der Waals surface area contributed by atoms with Crippen LogP contribution in [-0.4, -0.2) is 15.0 Å². The van der Waals surface area contributed by atoms with Crippen molar-refractivity contribution in [2.75, 3.05) is 0 Å². The highest BCUT2D eigenvalue weighted by Crippen LogP contribution is 2.47. The molecule has 0 atom stereocenters. The second-order valence-corrected chi connectivity index (χ2v) is 8.49. The highest BCUT2D eigenvalue weighted by atomic mass is 14.8. The molecule has 0 spiro atoms. The third-order valence-corrected chi connectivity index (χ3v) is 6.24. The molecule has 0 bridgehead atoms. The van der Waals surface area contributed by atoms with E-state index in [0.29, 0.717) is 0 Å². The lowest BCUT2D eigenvalue weighted by Gasteiger charge is -2.22. The zero-order chi connectivity index (χ0) is 24.2. The molecule has 3 nitrogen and oxygen atoms in total. The van der Waals surface area contributed by atoms with Crippen molar-refractivity contribution < 1.29 is 0 Å². The Kier molecular flexibility index (Phi) is 5.87. The molecule has 3 heteroatoms. The smallest absolute Gasteiger partial charge is 0.108 e. The van der Waals surface area contributed by atoms with Crippen molar-refractivity contribution in [1.29, 1.82) is 0 Å². The Morgan fingerprint density at radius 3 is 1.31 bits per heavy atom. The van der Waals surface area contributed by atoms with Crippen LogP contribution in [0.4, 0.5) is 0 Å². The van der Waals surface area contributed by atoms with E-state index < -0.39 is 0 Å². The largest absolute Gasteiger partial charge is 0.261 e. The minimum Gasteiger partial charge on any atom is -0.261 e. The third kappa shape index (κ3) is 4.08. The number of hydrogen-bond acceptors (Lipinski definition) is 3. The van der Waals surface area contributed by atoms with Gasteiger partial charge in [0.2, 0.25) is 0 Å². The zero-order valence-corrected chi connectivity index (χ0v) is 19.6. The van der Waals surface area contributed by atoms with Gasteiger partial charge >= 0.3 is 0 Å². The molecule has 0 unspecified atom stereocenters. The van der Waals surface area contributed by atoms with Gasteiger partial charge in [-0.15, -0.1) is 0 Å². The summed E-state index contributed by atoms with van der Waals surface area (Å²) in [6.45, 7) is 0. The maximum atomic E-state index is 5.35. The van der Waals surface area contributed by atoms with Gasteiger partial charge in [-0.3, -0.25) is 9.97 Å². The van der Waals surface area contributed by atoms with Gasteiger partial charge in [0.15, 0.2) is 0 Å². The minimum atomic E-state index is 0.741. The van der Waals surface area contributed by atoms with E-state index >= 15 is 0 Å². The first-order chi connectivity index (χ1) is 17.9. The molecule has 0 fully saturated rings. The van der Waals surface area contributed by atoms with E-state index in [1.54, 1.807) is 18.6 Å². The molecule has 0 aliphatic carbocycles. The Labute approximate surface area is 210 Å². The average Bonchev–Trinajstić information content (AvgIpc) is 2.98. The van der Waals surface area contributed by atoms with Crippen LogP contribution < -0.4 is 0 Å². The second kappa shape index (κ2) is 9.77. The standard InChI is InChI=1S/C33H23N3/c1-5-13-24(14-6-1)29-30(25-15-7-2-8-16-25)32(27-19-11-4-12-20-27)36-33(28-23-34-21-22-35-28)31(29)26-17-9-3-10-18-26/h1-23H. The number of nitrogens with zero attached hydrogens (tertiary/aromatic N) is 3. The number of benzene rings is 4. The molecule has 0 radical (unpaired) electrons. The van der Waals surface area contributed by atoms with Crippen molar-refractivity contribution >= 4 is 0 Å². The summed E-state index contributed by atoms with van der Waals surface area (Å²) in [7, 11) is 0. The molecule has 0 amide bonds. The summed E-state index contributed by atoms with van der Waals surface area (Å²) in [5.41, 5.74) is 10.1. The number of rotatable bonds is 5. The van der Waals surface area contributed by atoms with E-state index in [4.69, 9.17) is 4.98 Å². The Morgan fingerprint density at radius 2 is 0.833 bits per heavy atom. The van der Waals surface area contributed by atoms with Crippen molar-refractivity contribution in [3.05, 3.63) is 140 Å². The maximum absolute atomic E-state index is 5.35. The number of aromatic nitrogens is 3. The second-order valence-electron chi connectivity index (χ2n) is 8.49. The number of pyridine rings is 1. The highest BCUT2D eigenvalue weighted by molar-refractivity contribution is 6.04. The van der Waals surface area contributed by atoms with Crippen LogP contribution in [0.15, 0.2) is 140 Å². The van der Waals surface area contributed by atoms with Crippen LogP contribution in [0.5, 0.6) is 0 Å². The van der Waals surface area contributed by atoms with E-state index in [1.807, 2.05) is 18.2 Å². The van der Waals surface area contributed by atoms with Crippen molar-refractivity contribution in [2.24, 2.45) is 0 Å². The van der Waals surface area contributed by atoms with E-state index in [1.165, 1.54) is 0 Å². The molecular weight excluding hydrogens is 438 g/mol. The van der Waals surface area contributed by atoms with Gasteiger partial charge in [0.05, 0.1) is 17.6 Å². The van der Waals surface area contributed by atoms with Crippen molar-refractivity contribution in [2.45, 2.75) is 0 Å². The summed E-state index contributed by atoms with van der Waals surface area (Å²) in [4.78, 5) is 14.4. The Bertz CT molecular complexity index is 1480. The lowest BCUT2D eigenvalue weighted by atomic mass is 9.84. The predicted molar refractivity (Wildman–Crippen MR) is 147 cm³/mol. The molecule has 0 saturated heterocycles. The van der Waals surface area contributed by atoms with Crippen LogP contribution in [0.2, 0.25) is 0 Å². The van der Waals surface area contributed by atoms with Gasteiger partial charge in [-0.1, -0.05) is 121 Å². The normalized spacial score (nSPS) is 10.8. The Morgan fingerprint density at radius 1 is 0.389 bits per heavy atom. The Hall–Kier alpha value is -4.89. The van der Waals surface area contributed by atoms with Gasteiger partial charge in [0.1, 0.15) is 5.69 Å². The fourth-order valence-corrected chi connectivity index (χ4v) is 4.66. The van der Waals surface area contributed by atoms with Gasteiger partial charge in [-0.2, -0.15) is 0 Å². The molecule has 0 aliphatic rings. The monoisotopic (exact) mass is 461 g/mol. The topological polar surface area (TPSA) is 38.7 Å². The van der Waals surface area contributed by atoms with Crippen LogP contribution in [0.3, 0.4) is 0 Å². The molecule has 6 rings (SSSR count). The molecule has 2 aromatic heterocycles. The van der Waals surface area contributed by atoms with Crippen LogP contribution >= 0.6 is 0 Å². The fraction of sp³-hybridized carbons (Fsp3) is 0. The summed E-state index contributed by atoms with van der Waals surface area (Å²) in [5, 5.41) is 0. The first-order valence-corrected chi connectivity index (χ1v) is 12.0. The first kappa shape index (κ1) is 21.6. The van der Waals surface area contributed by atoms with Crippen molar-refractivity contribution in [1.82, 2.24) is 15.0 Å². The summed E-state index contributed by atoms with van der Waals surface area (Å²) < 4.78 is 0. The molecule has 6 aromatic rings. The summed E-state index contributed by atoms with van der Waals surface area (Å²) in [6, 6.07) is 41.9. The molecule has 170 valence electrons. The third-order valence-electron chi connectivity index (χ3n) is 6.24. The van der Waals surface area contributed by atoms with E-state index in [2.05, 4.69) is 113 Å².